The van der Waals surface area contributed by atoms with Crippen molar-refractivity contribution >= 4 is 39.0 Å². The topological polar surface area (TPSA) is 16.4 Å². The lowest BCUT2D eigenvalue weighted by Crippen LogP contribution is -2.25. The Hall–Kier alpha value is -8.20. The van der Waals surface area contributed by atoms with E-state index in [2.05, 4.69) is 241 Å². The molecule has 0 N–H and O–H groups in total. The van der Waals surface area contributed by atoms with Crippen molar-refractivity contribution in [3.63, 3.8) is 0 Å². The second-order valence-corrected chi connectivity index (χ2v) is 16.7. The highest BCUT2D eigenvalue weighted by atomic mass is 16.3. The van der Waals surface area contributed by atoms with Crippen molar-refractivity contribution in [1.29, 1.82) is 0 Å². The minimum absolute atomic E-state index is 0.392. The first kappa shape index (κ1) is 35.5. The molecular weight excluding hydrogens is 763 g/mol. The van der Waals surface area contributed by atoms with Crippen molar-refractivity contribution in [2.45, 2.75) is 5.41 Å². The molecule has 1 heterocycles. The third-order valence-electron chi connectivity index (χ3n) is 13.5. The zero-order valence-corrected chi connectivity index (χ0v) is 34.4. The van der Waals surface area contributed by atoms with Gasteiger partial charge in [-0.1, -0.05) is 194 Å². The fourth-order valence-corrected chi connectivity index (χ4v) is 10.8. The Balaban J connectivity index is 0.968. The highest BCUT2D eigenvalue weighted by Crippen LogP contribution is 2.63. The van der Waals surface area contributed by atoms with Gasteiger partial charge >= 0.3 is 0 Å². The second-order valence-electron chi connectivity index (χ2n) is 16.7. The van der Waals surface area contributed by atoms with Crippen LogP contribution >= 0.6 is 0 Å². The Kier molecular flexibility index (Phi) is 7.85. The summed E-state index contributed by atoms with van der Waals surface area (Å²) in [6, 6.07) is 86.3. The van der Waals surface area contributed by atoms with Crippen molar-refractivity contribution in [1.82, 2.24) is 0 Å². The molecule has 11 aromatic rings. The highest BCUT2D eigenvalue weighted by molar-refractivity contribution is 6.10. The molecule has 0 fully saturated rings. The van der Waals surface area contributed by atoms with Gasteiger partial charge in [-0.2, -0.15) is 0 Å². The number of hydrogen-bond donors (Lipinski definition) is 0. The maximum atomic E-state index is 6.54. The van der Waals surface area contributed by atoms with Gasteiger partial charge in [0.1, 0.15) is 11.2 Å². The van der Waals surface area contributed by atoms with E-state index in [0.717, 1.165) is 61.3 Å². The molecule has 0 bridgehead atoms. The van der Waals surface area contributed by atoms with Crippen molar-refractivity contribution < 1.29 is 4.42 Å². The molecule has 0 amide bonds. The number of para-hydroxylation sites is 2. The maximum absolute atomic E-state index is 6.54. The van der Waals surface area contributed by atoms with Gasteiger partial charge in [0, 0.05) is 33.3 Å². The van der Waals surface area contributed by atoms with Crippen molar-refractivity contribution in [3.8, 4) is 55.6 Å². The molecule has 2 heteroatoms. The van der Waals surface area contributed by atoms with Gasteiger partial charge in [-0.05, 0) is 109 Å². The number of hydrogen-bond acceptors (Lipinski definition) is 2. The van der Waals surface area contributed by atoms with Crippen LogP contribution in [-0.2, 0) is 5.41 Å². The molecule has 0 aliphatic heterocycles. The Morgan fingerprint density at radius 3 is 1.48 bits per heavy atom. The molecular formula is C61H39NO. The summed E-state index contributed by atoms with van der Waals surface area (Å²) in [5, 5.41) is 2.24. The third kappa shape index (κ3) is 5.25. The largest absolute Gasteiger partial charge is 0.455 e. The van der Waals surface area contributed by atoms with E-state index < -0.39 is 5.41 Å². The average molecular weight is 802 g/mol. The molecule has 1 aromatic heterocycles. The van der Waals surface area contributed by atoms with Crippen LogP contribution in [0.15, 0.2) is 241 Å². The van der Waals surface area contributed by atoms with Gasteiger partial charge in [0.2, 0.25) is 0 Å². The summed E-state index contributed by atoms with van der Waals surface area (Å²) in [5.74, 6) is 0. The summed E-state index contributed by atoms with van der Waals surface area (Å²) in [6.07, 6.45) is 0. The zero-order chi connectivity index (χ0) is 41.5. The molecule has 13 rings (SSSR count). The van der Waals surface area contributed by atoms with Crippen LogP contribution in [0, 0.1) is 0 Å². The third-order valence-corrected chi connectivity index (χ3v) is 13.5. The van der Waals surface area contributed by atoms with Crippen LogP contribution in [0.25, 0.3) is 77.6 Å². The Morgan fingerprint density at radius 1 is 0.302 bits per heavy atom. The van der Waals surface area contributed by atoms with Crippen LogP contribution < -0.4 is 4.90 Å². The summed E-state index contributed by atoms with van der Waals surface area (Å²) in [4.78, 5) is 2.44. The van der Waals surface area contributed by atoms with Gasteiger partial charge in [0.25, 0.3) is 0 Å². The zero-order valence-electron chi connectivity index (χ0n) is 34.4. The van der Waals surface area contributed by atoms with Crippen molar-refractivity contribution in [3.05, 3.63) is 259 Å². The molecule has 10 aromatic carbocycles. The number of nitrogens with zero attached hydrogens (tertiary/aromatic N) is 1. The molecule has 2 aliphatic carbocycles. The molecule has 294 valence electrons. The summed E-state index contributed by atoms with van der Waals surface area (Å²) >= 11 is 0. The monoisotopic (exact) mass is 801 g/mol. The van der Waals surface area contributed by atoms with E-state index in [0.29, 0.717) is 0 Å². The van der Waals surface area contributed by atoms with Gasteiger partial charge in [-0.25, -0.2) is 0 Å². The maximum Gasteiger partial charge on any atom is 0.143 e. The van der Waals surface area contributed by atoms with Crippen LogP contribution in [0.1, 0.15) is 22.3 Å². The molecule has 0 atom stereocenters. The van der Waals surface area contributed by atoms with Crippen LogP contribution in [0.4, 0.5) is 17.1 Å². The molecule has 2 nitrogen and oxygen atoms in total. The molecule has 0 saturated heterocycles. The van der Waals surface area contributed by atoms with Gasteiger partial charge in [-0.15, -0.1) is 0 Å². The van der Waals surface area contributed by atoms with E-state index in [1.54, 1.807) is 0 Å². The Labute approximate surface area is 366 Å². The Morgan fingerprint density at radius 2 is 0.810 bits per heavy atom. The van der Waals surface area contributed by atoms with E-state index >= 15 is 0 Å². The van der Waals surface area contributed by atoms with Gasteiger partial charge in [-0.3, -0.25) is 0 Å². The number of benzene rings is 10. The summed E-state index contributed by atoms with van der Waals surface area (Å²) in [6.45, 7) is 0. The fourth-order valence-electron chi connectivity index (χ4n) is 10.8. The predicted molar refractivity (Wildman–Crippen MR) is 261 cm³/mol. The van der Waals surface area contributed by atoms with Crippen LogP contribution in [0.3, 0.4) is 0 Å². The molecule has 0 unspecified atom stereocenters. The van der Waals surface area contributed by atoms with Crippen molar-refractivity contribution in [2.24, 2.45) is 0 Å². The number of anilines is 3. The lowest BCUT2D eigenvalue weighted by atomic mass is 9.70. The smallest absolute Gasteiger partial charge is 0.143 e. The minimum Gasteiger partial charge on any atom is -0.455 e. The lowest BCUT2D eigenvalue weighted by molar-refractivity contribution is 0.670. The number of rotatable bonds is 6. The lowest BCUT2D eigenvalue weighted by Gasteiger charge is -2.31. The summed E-state index contributed by atoms with van der Waals surface area (Å²) in [5.41, 5.74) is 22.2. The van der Waals surface area contributed by atoms with E-state index in [4.69, 9.17) is 4.42 Å². The van der Waals surface area contributed by atoms with Gasteiger partial charge in [0.15, 0.2) is 0 Å². The molecule has 0 saturated carbocycles. The van der Waals surface area contributed by atoms with E-state index in [1.165, 1.54) is 55.6 Å². The average Bonchev–Trinajstić information content (AvgIpc) is 3.99. The first-order valence-electron chi connectivity index (χ1n) is 21.8. The molecule has 2 aliphatic rings. The Bertz CT molecular complexity index is 3520. The van der Waals surface area contributed by atoms with Crippen molar-refractivity contribution in [2.75, 3.05) is 4.90 Å². The fraction of sp³-hybridized carbons (Fsp3) is 0.0164. The SMILES string of the molecule is c1ccc(-c2ccccc2N(c2ccc(-c3ccc4oc5c(-c6ccccc6)cccc5c4c3)cc2)c2ccc3c(c2)-c2ccccc2C32c3ccccc3-c3ccccc32)cc1. The quantitative estimate of drug-likeness (QED) is 0.167. The number of fused-ring (bicyclic) bond motifs is 13. The highest BCUT2D eigenvalue weighted by Gasteiger charge is 2.51. The van der Waals surface area contributed by atoms with Crippen LogP contribution in [-0.4, -0.2) is 0 Å². The van der Waals surface area contributed by atoms with E-state index in [1.807, 2.05) is 0 Å². The minimum atomic E-state index is -0.392. The van der Waals surface area contributed by atoms with Crippen LogP contribution in [0.5, 0.6) is 0 Å². The molecule has 63 heavy (non-hydrogen) atoms. The first-order chi connectivity index (χ1) is 31.3. The predicted octanol–water partition coefficient (Wildman–Crippen LogP) is 16.4. The van der Waals surface area contributed by atoms with E-state index in [9.17, 15) is 0 Å². The van der Waals surface area contributed by atoms with Gasteiger partial charge < -0.3 is 9.32 Å². The normalized spacial score (nSPS) is 12.9. The van der Waals surface area contributed by atoms with E-state index in [-0.39, 0.29) is 0 Å². The first-order valence-corrected chi connectivity index (χ1v) is 21.8. The molecule has 1 spiro atoms. The van der Waals surface area contributed by atoms with Crippen LogP contribution in [0.2, 0.25) is 0 Å². The molecule has 0 radical (unpaired) electrons. The van der Waals surface area contributed by atoms with Gasteiger partial charge in [0.05, 0.1) is 11.1 Å². The number of furan rings is 1. The summed E-state index contributed by atoms with van der Waals surface area (Å²) < 4.78 is 6.54. The summed E-state index contributed by atoms with van der Waals surface area (Å²) in [7, 11) is 0. The second kappa shape index (κ2) is 13.9. The standard InChI is InChI=1S/C61H39NO/c1-3-16-41(17-4-1)46-20-10-14-29-58(46)62(44-33-30-40(31-34-44)43-32-37-59-53(38-43)51-25-15-24-47(60(51)63-59)42-18-5-2-6-19-42)45-35-36-57-52(39-45)50-23-9-13-28-56(50)61(57)54-26-11-7-21-48(54)49-22-8-12-27-55(49)61/h1-39H.